The number of benzene rings is 1. The Bertz CT molecular complexity index is 1140. The number of piperidine rings is 1. The highest BCUT2D eigenvalue weighted by Gasteiger charge is 2.27. The first-order chi connectivity index (χ1) is 15.2. The number of aromatic nitrogens is 4. The maximum atomic E-state index is 12.8. The van der Waals surface area contributed by atoms with Crippen LogP contribution in [0.1, 0.15) is 31.6 Å². The summed E-state index contributed by atoms with van der Waals surface area (Å²) in [5.74, 6) is 2.85. The summed E-state index contributed by atoms with van der Waals surface area (Å²) in [5.41, 5.74) is 1.71. The van der Waals surface area contributed by atoms with Crippen LogP contribution in [0, 0.1) is 0 Å². The lowest BCUT2D eigenvalue weighted by atomic mass is 9.97. The molecule has 1 aliphatic heterocycles. The molecule has 160 valence electrons. The van der Waals surface area contributed by atoms with E-state index in [1.54, 1.807) is 6.26 Å². The van der Waals surface area contributed by atoms with E-state index in [-0.39, 0.29) is 11.8 Å². The molecule has 8 nitrogen and oxygen atoms in total. The molecule has 1 aromatic carbocycles. The molecule has 0 spiro atoms. The number of likely N-dealkylation sites (tertiary alicyclic amines) is 1. The van der Waals surface area contributed by atoms with Crippen LogP contribution in [0.3, 0.4) is 0 Å². The molecule has 1 saturated heterocycles. The number of carbonyl (C=O) groups excluding carboxylic acids is 1. The Kier molecular flexibility index (Phi) is 5.50. The van der Waals surface area contributed by atoms with Gasteiger partial charge in [-0.05, 0) is 44.0 Å². The first-order valence-electron chi connectivity index (χ1n) is 10.5. The number of hydrogen-bond acceptors (Lipinski definition) is 7. The Morgan fingerprint density at radius 3 is 2.74 bits per heavy atom. The summed E-state index contributed by atoms with van der Waals surface area (Å²) in [6.07, 6.45) is 3.33. The monoisotopic (exact) mass is 437 g/mol. The van der Waals surface area contributed by atoms with Crippen molar-refractivity contribution in [2.24, 2.45) is 0 Å². The van der Waals surface area contributed by atoms with Crippen molar-refractivity contribution in [3.63, 3.8) is 0 Å². The van der Waals surface area contributed by atoms with Crippen LogP contribution in [0.2, 0.25) is 0 Å². The number of rotatable bonds is 6. The number of amides is 1. The van der Waals surface area contributed by atoms with Gasteiger partial charge < -0.3 is 13.7 Å². The number of fused-ring (bicyclic) bond motifs is 1. The second-order valence-corrected chi connectivity index (χ2v) is 8.43. The molecule has 3 aromatic heterocycles. The van der Waals surface area contributed by atoms with Crippen LogP contribution in [0.15, 0.2) is 56.7 Å². The van der Waals surface area contributed by atoms with Crippen molar-refractivity contribution in [2.75, 3.05) is 18.8 Å². The van der Waals surface area contributed by atoms with Crippen LogP contribution in [0.25, 0.3) is 22.7 Å². The Hall–Kier alpha value is -3.07. The third kappa shape index (κ3) is 3.97. The Labute approximate surface area is 183 Å². The van der Waals surface area contributed by atoms with Crippen molar-refractivity contribution in [1.82, 2.24) is 24.6 Å². The molecule has 0 aliphatic carbocycles. The molecule has 5 rings (SSSR count). The van der Waals surface area contributed by atoms with E-state index in [9.17, 15) is 4.79 Å². The molecule has 9 heteroatoms. The van der Waals surface area contributed by atoms with Gasteiger partial charge in [-0.3, -0.25) is 9.36 Å². The van der Waals surface area contributed by atoms with Crippen molar-refractivity contribution in [3.05, 3.63) is 48.6 Å². The number of hydrogen-bond donors (Lipinski definition) is 0. The van der Waals surface area contributed by atoms with E-state index in [4.69, 9.17) is 8.83 Å². The van der Waals surface area contributed by atoms with Crippen LogP contribution < -0.4 is 0 Å². The van der Waals surface area contributed by atoms with Crippen LogP contribution in [0.5, 0.6) is 0 Å². The van der Waals surface area contributed by atoms with Gasteiger partial charge in [-0.2, -0.15) is 0 Å². The summed E-state index contributed by atoms with van der Waals surface area (Å²) in [6.45, 7) is 4.15. The van der Waals surface area contributed by atoms with E-state index in [0.717, 1.165) is 35.0 Å². The van der Waals surface area contributed by atoms with E-state index in [1.807, 2.05) is 52.8 Å². The summed E-state index contributed by atoms with van der Waals surface area (Å²) in [6, 6.07) is 11.5. The number of oxazole rings is 1. The summed E-state index contributed by atoms with van der Waals surface area (Å²) < 4.78 is 13.3. The number of carbonyl (C=O) groups is 1. The van der Waals surface area contributed by atoms with Gasteiger partial charge in [0.15, 0.2) is 28.2 Å². The van der Waals surface area contributed by atoms with Crippen LogP contribution in [0.4, 0.5) is 0 Å². The zero-order chi connectivity index (χ0) is 21.2. The molecule has 0 saturated carbocycles. The average molecular weight is 438 g/mol. The summed E-state index contributed by atoms with van der Waals surface area (Å²) in [4.78, 5) is 19.3. The third-order valence-corrected chi connectivity index (χ3v) is 6.56. The zero-order valence-corrected chi connectivity index (χ0v) is 18.0. The minimum Gasteiger partial charge on any atom is -0.461 e. The number of thioether (sulfide) groups is 1. The van der Waals surface area contributed by atoms with Gasteiger partial charge >= 0.3 is 0 Å². The molecule has 1 aliphatic rings. The first-order valence-corrected chi connectivity index (χ1v) is 11.4. The summed E-state index contributed by atoms with van der Waals surface area (Å²) >= 11 is 1.42. The van der Waals surface area contributed by atoms with Gasteiger partial charge in [-0.1, -0.05) is 23.9 Å². The zero-order valence-electron chi connectivity index (χ0n) is 17.2. The smallest absolute Gasteiger partial charge is 0.233 e. The van der Waals surface area contributed by atoms with E-state index < -0.39 is 0 Å². The van der Waals surface area contributed by atoms with E-state index in [0.29, 0.717) is 37.0 Å². The quantitative estimate of drug-likeness (QED) is 0.418. The minimum atomic E-state index is 0.117. The second kappa shape index (κ2) is 8.58. The van der Waals surface area contributed by atoms with Crippen molar-refractivity contribution < 1.29 is 13.6 Å². The fraction of sp³-hybridized carbons (Fsp3) is 0.364. The third-order valence-electron chi connectivity index (χ3n) is 5.61. The van der Waals surface area contributed by atoms with Crippen molar-refractivity contribution in [1.29, 1.82) is 0 Å². The molecule has 4 heterocycles. The molecule has 31 heavy (non-hydrogen) atoms. The standard InChI is InChI=1S/C22H23N5O3S/c1-2-27-20(18-8-5-13-29-18)24-25-22(27)31-14-19(28)26-11-9-15(10-12-26)21-23-16-6-3-4-7-17(16)30-21/h3-8,13,15H,2,9-12,14H2,1H3. The lowest BCUT2D eigenvalue weighted by molar-refractivity contribution is -0.129. The van der Waals surface area contributed by atoms with E-state index in [2.05, 4.69) is 15.2 Å². The highest BCUT2D eigenvalue weighted by atomic mass is 32.2. The lowest BCUT2D eigenvalue weighted by Crippen LogP contribution is -2.39. The molecule has 0 atom stereocenters. The normalized spacial score (nSPS) is 15.1. The van der Waals surface area contributed by atoms with Gasteiger partial charge in [0, 0.05) is 25.6 Å². The first kappa shape index (κ1) is 19.9. The average Bonchev–Trinajstić information content (AvgIpc) is 3.56. The second-order valence-electron chi connectivity index (χ2n) is 7.49. The molecule has 0 bridgehead atoms. The highest BCUT2D eigenvalue weighted by molar-refractivity contribution is 7.99. The molecule has 0 N–H and O–H groups in total. The highest BCUT2D eigenvalue weighted by Crippen LogP contribution is 2.30. The number of nitrogens with zero attached hydrogens (tertiary/aromatic N) is 5. The van der Waals surface area contributed by atoms with E-state index >= 15 is 0 Å². The predicted octanol–water partition coefficient (Wildman–Crippen LogP) is 4.20. The Morgan fingerprint density at radius 1 is 1.16 bits per heavy atom. The van der Waals surface area contributed by atoms with Crippen LogP contribution in [-0.4, -0.2) is 49.4 Å². The van der Waals surface area contributed by atoms with Gasteiger partial charge in [0.1, 0.15) is 5.52 Å². The summed E-state index contributed by atoms with van der Waals surface area (Å²) in [5, 5.41) is 9.22. The van der Waals surface area contributed by atoms with E-state index in [1.165, 1.54) is 11.8 Å². The fourth-order valence-electron chi connectivity index (χ4n) is 3.93. The van der Waals surface area contributed by atoms with Gasteiger partial charge in [-0.15, -0.1) is 10.2 Å². The van der Waals surface area contributed by atoms with Crippen LogP contribution in [-0.2, 0) is 11.3 Å². The maximum absolute atomic E-state index is 12.8. The van der Waals surface area contributed by atoms with Gasteiger partial charge in [-0.25, -0.2) is 4.98 Å². The molecular formula is C22H23N5O3S. The summed E-state index contributed by atoms with van der Waals surface area (Å²) in [7, 11) is 0. The molecular weight excluding hydrogens is 414 g/mol. The topological polar surface area (TPSA) is 90.2 Å². The SMILES string of the molecule is CCn1c(SCC(=O)N2CCC(c3nc4ccccc4o3)CC2)nnc1-c1ccco1. The minimum absolute atomic E-state index is 0.117. The van der Waals surface area contributed by atoms with Gasteiger partial charge in [0.25, 0.3) is 0 Å². The van der Waals surface area contributed by atoms with Crippen molar-refractivity contribution in [3.8, 4) is 11.6 Å². The van der Waals surface area contributed by atoms with Crippen molar-refractivity contribution in [2.45, 2.75) is 37.4 Å². The van der Waals surface area contributed by atoms with Crippen LogP contribution >= 0.6 is 11.8 Å². The maximum Gasteiger partial charge on any atom is 0.233 e. The largest absolute Gasteiger partial charge is 0.461 e. The number of furan rings is 1. The van der Waals surface area contributed by atoms with Gasteiger partial charge in [0.05, 0.1) is 12.0 Å². The fourth-order valence-corrected chi connectivity index (χ4v) is 4.83. The van der Waals surface area contributed by atoms with Crippen molar-refractivity contribution >= 4 is 28.8 Å². The molecule has 0 unspecified atom stereocenters. The van der Waals surface area contributed by atoms with Gasteiger partial charge in [0.2, 0.25) is 5.91 Å². The number of para-hydroxylation sites is 2. The Morgan fingerprint density at radius 2 is 2.00 bits per heavy atom. The molecule has 0 radical (unpaired) electrons. The molecule has 1 fully saturated rings. The lowest BCUT2D eigenvalue weighted by Gasteiger charge is -2.30. The predicted molar refractivity (Wildman–Crippen MR) is 117 cm³/mol. The Balaban J connectivity index is 1.18. The molecule has 4 aromatic rings. The molecule has 1 amide bonds.